The van der Waals surface area contributed by atoms with Crippen LogP contribution >= 0.6 is 0 Å². The van der Waals surface area contributed by atoms with Gasteiger partial charge in [0.1, 0.15) is 0 Å². The molecule has 0 spiro atoms. The molecule has 3 unspecified atom stereocenters. The van der Waals surface area contributed by atoms with Crippen molar-refractivity contribution in [1.29, 1.82) is 0 Å². The van der Waals surface area contributed by atoms with Gasteiger partial charge in [-0.3, -0.25) is 9.88 Å². The Morgan fingerprint density at radius 3 is 2.67 bits per heavy atom. The van der Waals surface area contributed by atoms with Crippen LogP contribution < -0.4 is 5.73 Å². The Balaban J connectivity index is 1.83. The maximum atomic E-state index is 6.19. The normalized spacial score (nSPS) is 34.2. The van der Waals surface area contributed by atoms with Crippen LogP contribution in [0.3, 0.4) is 0 Å². The Bertz CT molecular complexity index is 378. The quantitative estimate of drug-likeness (QED) is 0.870. The smallest absolute Gasteiger partial charge is 0.0341 e. The van der Waals surface area contributed by atoms with Crippen LogP contribution in [0.1, 0.15) is 50.6 Å². The maximum absolute atomic E-state index is 6.19. The number of hydrogen-bond acceptors (Lipinski definition) is 3. The van der Waals surface area contributed by atoms with Crippen molar-refractivity contribution >= 4 is 0 Å². The van der Waals surface area contributed by atoms with Crippen LogP contribution in [0.25, 0.3) is 0 Å². The first-order valence-corrected chi connectivity index (χ1v) is 7.18. The fourth-order valence-electron chi connectivity index (χ4n) is 3.89. The largest absolute Gasteiger partial charge is 0.328 e. The van der Waals surface area contributed by atoms with Gasteiger partial charge in [-0.1, -0.05) is 12.5 Å². The first kappa shape index (κ1) is 12.1. The van der Waals surface area contributed by atoms with Crippen LogP contribution in [0.15, 0.2) is 24.5 Å². The molecule has 1 aromatic heterocycles. The fraction of sp³-hybridized carbons (Fsp3) is 0.667. The lowest BCUT2D eigenvalue weighted by atomic mass is 9.80. The minimum Gasteiger partial charge on any atom is -0.328 e. The van der Waals surface area contributed by atoms with Crippen molar-refractivity contribution in [3.8, 4) is 0 Å². The van der Waals surface area contributed by atoms with Gasteiger partial charge in [0.05, 0.1) is 0 Å². The molecular weight excluding hydrogens is 222 g/mol. The van der Waals surface area contributed by atoms with Crippen molar-refractivity contribution in [3.63, 3.8) is 0 Å². The van der Waals surface area contributed by atoms with Gasteiger partial charge in [0.2, 0.25) is 0 Å². The van der Waals surface area contributed by atoms with Gasteiger partial charge in [-0.2, -0.15) is 0 Å². The topological polar surface area (TPSA) is 42.2 Å². The fourth-order valence-corrected chi connectivity index (χ4v) is 3.89. The lowest BCUT2D eigenvalue weighted by molar-refractivity contribution is -0.000606. The van der Waals surface area contributed by atoms with Crippen molar-refractivity contribution in [3.05, 3.63) is 30.1 Å². The van der Waals surface area contributed by atoms with Crippen molar-refractivity contribution < 1.29 is 0 Å². The van der Waals surface area contributed by atoms with Crippen LogP contribution in [-0.2, 0) is 0 Å². The molecule has 2 bridgehead atoms. The average Bonchev–Trinajstić information content (AvgIpc) is 2.38. The molecule has 2 aliphatic heterocycles. The third kappa shape index (κ3) is 2.17. The van der Waals surface area contributed by atoms with Crippen molar-refractivity contribution in [1.82, 2.24) is 9.88 Å². The van der Waals surface area contributed by atoms with Gasteiger partial charge in [-0.15, -0.1) is 0 Å². The summed E-state index contributed by atoms with van der Waals surface area (Å²) in [5.41, 5.74) is 7.52. The van der Waals surface area contributed by atoms with E-state index in [4.69, 9.17) is 5.73 Å². The molecule has 0 aromatic carbocycles. The van der Waals surface area contributed by atoms with Crippen molar-refractivity contribution in [2.75, 3.05) is 0 Å². The molecule has 3 rings (SSSR count). The maximum Gasteiger partial charge on any atom is 0.0341 e. The van der Waals surface area contributed by atoms with Gasteiger partial charge < -0.3 is 5.73 Å². The van der Waals surface area contributed by atoms with E-state index in [-0.39, 0.29) is 0 Å². The number of nitrogens with two attached hydrogens (primary N) is 1. The zero-order chi connectivity index (χ0) is 12.5. The molecule has 0 aliphatic carbocycles. The van der Waals surface area contributed by atoms with Gasteiger partial charge >= 0.3 is 0 Å². The number of nitrogens with zero attached hydrogens (tertiary/aromatic N) is 2. The summed E-state index contributed by atoms with van der Waals surface area (Å²) in [5, 5.41) is 0. The SMILES string of the molecule is CC(c1cccnc1)N1C2CCCC1CC(N)C2. The van der Waals surface area contributed by atoms with E-state index in [1.807, 2.05) is 18.5 Å². The van der Waals surface area contributed by atoms with Gasteiger partial charge in [0, 0.05) is 36.6 Å². The molecular formula is C15H23N3. The molecule has 3 heteroatoms. The molecule has 3 nitrogen and oxygen atoms in total. The Morgan fingerprint density at radius 1 is 1.33 bits per heavy atom. The zero-order valence-corrected chi connectivity index (χ0v) is 11.1. The summed E-state index contributed by atoms with van der Waals surface area (Å²) in [6, 6.07) is 6.49. The Morgan fingerprint density at radius 2 is 2.06 bits per heavy atom. The molecule has 2 N–H and O–H groups in total. The highest BCUT2D eigenvalue weighted by molar-refractivity contribution is 5.15. The van der Waals surface area contributed by atoms with E-state index in [2.05, 4.69) is 22.9 Å². The third-order valence-corrected chi connectivity index (χ3v) is 4.68. The van der Waals surface area contributed by atoms with Gasteiger partial charge in [-0.25, -0.2) is 0 Å². The lowest BCUT2D eigenvalue weighted by Crippen LogP contribution is -2.55. The van der Waals surface area contributed by atoms with Gasteiger partial charge in [0.15, 0.2) is 0 Å². The summed E-state index contributed by atoms with van der Waals surface area (Å²) < 4.78 is 0. The van der Waals surface area contributed by atoms with E-state index in [0.717, 1.165) is 0 Å². The molecule has 0 radical (unpaired) electrons. The molecule has 0 saturated carbocycles. The summed E-state index contributed by atoms with van der Waals surface area (Å²) >= 11 is 0. The highest BCUT2D eigenvalue weighted by Gasteiger charge is 2.39. The number of hydrogen-bond donors (Lipinski definition) is 1. The van der Waals surface area contributed by atoms with Gasteiger partial charge in [0.25, 0.3) is 0 Å². The van der Waals surface area contributed by atoms with Crippen molar-refractivity contribution in [2.45, 2.75) is 63.2 Å². The van der Waals surface area contributed by atoms with Crippen LogP contribution in [0.5, 0.6) is 0 Å². The lowest BCUT2D eigenvalue weighted by Gasteiger charge is -2.51. The standard InChI is InChI=1S/C15H23N3/c1-11(12-4-3-7-17-10-12)18-14-5-2-6-15(18)9-13(16)8-14/h3-4,7,10-11,13-15H,2,5-6,8-9,16H2,1H3. The highest BCUT2D eigenvalue weighted by atomic mass is 15.2. The van der Waals surface area contributed by atoms with E-state index in [0.29, 0.717) is 24.2 Å². The number of pyridine rings is 1. The Hall–Kier alpha value is -0.930. The summed E-state index contributed by atoms with van der Waals surface area (Å²) in [6.07, 6.45) is 10.2. The first-order chi connectivity index (χ1) is 8.75. The molecule has 0 amide bonds. The van der Waals surface area contributed by atoms with Crippen LogP contribution in [0.4, 0.5) is 0 Å². The van der Waals surface area contributed by atoms with E-state index in [9.17, 15) is 0 Å². The van der Waals surface area contributed by atoms with Crippen LogP contribution in [-0.4, -0.2) is 28.0 Å². The number of aromatic nitrogens is 1. The zero-order valence-electron chi connectivity index (χ0n) is 11.1. The van der Waals surface area contributed by atoms with Gasteiger partial charge in [-0.05, 0) is 44.2 Å². The Labute approximate surface area is 109 Å². The summed E-state index contributed by atoms with van der Waals surface area (Å²) in [4.78, 5) is 6.97. The second-order valence-electron chi connectivity index (χ2n) is 5.88. The third-order valence-electron chi connectivity index (χ3n) is 4.68. The summed E-state index contributed by atoms with van der Waals surface area (Å²) in [6.45, 7) is 2.32. The highest BCUT2D eigenvalue weighted by Crippen LogP contribution is 2.39. The minimum atomic E-state index is 0.414. The van der Waals surface area contributed by atoms with E-state index >= 15 is 0 Å². The number of fused-ring (bicyclic) bond motifs is 2. The molecule has 18 heavy (non-hydrogen) atoms. The van der Waals surface area contributed by atoms with Crippen LogP contribution in [0, 0.1) is 0 Å². The van der Waals surface area contributed by atoms with Crippen LogP contribution in [0.2, 0.25) is 0 Å². The number of piperidine rings is 2. The molecule has 3 atom stereocenters. The summed E-state index contributed by atoms with van der Waals surface area (Å²) in [7, 11) is 0. The average molecular weight is 245 g/mol. The molecule has 2 fully saturated rings. The monoisotopic (exact) mass is 245 g/mol. The Kier molecular flexibility index (Phi) is 3.35. The predicted molar refractivity (Wildman–Crippen MR) is 73.1 cm³/mol. The van der Waals surface area contributed by atoms with Crippen molar-refractivity contribution in [2.24, 2.45) is 5.73 Å². The minimum absolute atomic E-state index is 0.414. The number of rotatable bonds is 2. The molecule has 2 saturated heterocycles. The summed E-state index contributed by atoms with van der Waals surface area (Å²) in [5.74, 6) is 0. The second kappa shape index (κ2) is 4.98. The molecule has 98 valence electrons. The van der Waals surface area contributed by atoms with E-state index in [1.54, 1.807) is 0 Å². The molecule has 3 heterocycles. The first-order valence-electron chi connectivity index (χ1n) is 7.18. The molecule has 1 aromatic rings. The van der Waals surface area contributed by atoms with E-state index < -0.39 is 0 Å². The molecule has 2 aliphatic rings. The van der Waals surface area contributed by atoms with E-state index in [1.165, 1.54) is 37.7 Å². The predicted octanol–water partition coefficient (Wildman–Crippen LogP) is 2.49. The second-order valence-corrected chi connectivity index (χ2v) is 5.88.